The fourth-order valence-electron chi connectivity index (χ4n) is 2.81. The first kappa shape index (κ1) is 23.8. The number of aromatic nitrogens is 2. The second-order valence-corrected chi connectivity index (χ2v) is 7.26. The molecule has 3 rings (SSSR count). The summed E-state index contributed by atoms with van der Waals surface area (Å²) in [6.45, 7) is 3.71. The lowest BCUT2D eigenvalue weighted by Gasteiger charge is -2.13. The lowest BCUT2D eigenvalue weighted by atomic mass is 10.1. The highest BCUT2D eigenvalue weighted by Crippen LogP contribution is 2.33. The number of urea groups is 1. The molecule has 2 amide bonds. The van der Waals surface area contributed by atoms with E-state index in [1.165, 1.54) is 25.4 Å². The van der Waals surface area contributed by atoms with Gasteiger partial charge in [-0.25, -0.2) is 14.8 Å². The van der Waals surface area contributed by atoms with E-state index in [9.17, 15) is 18.0 Å². The number of benzene rings is 2. The molecule has 0 aliphatic rings. The van der Waals surface area contributed by atoms with Crippen LogP contribution >= 0.6 is 0 Å². The Balaban J connectivity index is 1.60. The number of nitrogens with one attached hydrogen (secondary N) is 3. The molecule has 3 aromatic rings. The summed E-state index contributed by atoms with van der Waals surface area (Å²) in [6, 6.07) is 11.0. The van der Waals surface area contributed by atoms with Crippen molar-refractivity contribution in [2.45, 2.75) is 26.1 Å². The number of ether oxygens (including phenoxy) is 1. The fourth-order valence-corrected chi connectivity index (χ4v) is 2.81. The molecule has 1 atom stereocenters. The smallest absolute Gasteiger partial charge is 0.416 e. The highest BCUT2D eigenvalue weighted by Gasteiger charge is 2.32. The maximum atomic E-state index is 13.0. The van der Waals surface area contributed by atoms with E-state index in [1.54, 1.807) is 30.3 Å². The molecule has 0 saturated heterocycles. The minimum absolute atomic E-state index is 0.0301. The average Bonchev–Trinajstić information content (AvgIpc) is 2.76. The van der Waals surface area contributed by atoms with Gasteiger partial charge in [0.25, 0.3) is 0 Å². The number of hydrogen-bond donors (Lipinski definition) is 4. The van der Waals surface area contributed by atoms with Crippen LogP contribution in [0.1, 0.15) is 18.1 Å². The van der Waals surface area contributed by atoms with E-state index in [-0.39, 0.29) is 17.3 Å². The van der Waals surface area contributed by atoms with E-state index in [1.807, 2.05) is 6.92 Å². The summed E-state index contributed by atoms with van der Waals surface area (Å²) in [5.41, 5.74) is 5.31. The Morgan fingerprint density at radius 1 is 1.06 bits per heavy atom. The van der Waals surface area contributed by atoms with Crippen LogP contribution in [0, 0.1) is 6.92 Å². The number of carbonyl (C=O) groups is 1. The normalized spacial score (nSPS) is 12.1. The van der Waals surface area contributed by atoms with Crippen LogP contribution in [0.5, 0.6) is 11.6 Å². The SMILES string of the molecule is Cc1ccc(NC(=O)Nc2ccc(Oc3cc(NC(C)CN)ncn3)cc2)cc1C(F)(F)F. The summed E-state index contributed by atoms with van der Waals surface area (Å²) in [6.07, 6.45) is -3.15. The summed E-state index contributed by atoms with van der Waals surface area (Å²) in [5, 5.41) is 8.06. The molecule has 1 unspecified atom stereocenters. The zero-order chi connectivity index (χ0) is 24.0. The van der Waals surface area contributed by atoms with Crippen molar-refractivity contribution >= 4 is 23.2 Å². The zero-order valence-corrected chi connectivity index (χ0v) is 17.9. The van der Waals surface area contributed by atoms with Crippen LogP contribution < -0.4 is 26.4 Å². The molecule has 8 nitrogen and oxygen atoms in total. The Bertz CT molecular complexity index is 1110. The molecule has 5 N–H and O–H groups in total. The topological polar surface area (TPSA) is 114 Å². The molecular weight excluding hydrogens is 437 g/mol. The largest absolute Gasteiger partial charge is 0.439 e. The third-order valence-corrected chi connectivity index (χ3v) is 4.53. The fraction of sp³-hybridized carbons (Fsp3) is 0.227. The lowest BCUT2D eigenvalue weighted by molar-refractivity contribution is -0.138. The Kier molecular flexibility index (Phi) is 7.34. The van der Waals surface area contributed by atoms with Crippen LogP contribution in [-0.2, 0) is 6.18 Å². The van der Waals surface area contributed by atoms with Crippen LogP contribution in [0.3, 0.4) is 0 Å². The van der Waals surface area contributed by atoms with Crippen molar-refractivity contribution in [2.75, 3.05) is 22.5 Å². The number of nitrogens with two attached hydrogens (primary N) is 1. The van der Waals surface area contributed by atoms with Gasteiger partial charge in [0.2, 0.25) is 5.88 Å². The standard InChI is InChI=1S/C22H23F3N6O2/c1-13-3-4-16(9-18(13)22(23,24)25)31-21(32)30-15-5-7-17(8-6-15)33-20-10-19(27-12-28-20)29-14(2)11-26/h3-10,12,14H,11,26H2,1-2H3,(H,27,28,29)(H2,30,31,32). The first-order valence-corrected chi connectivity index (χ1v) is 9.96. The van der Waals surface area contributed by atoms with Gasteiger partial charge < -0.3 is 26.4 Å². The number of alkyl halides is 3. The van der Waals surface area contributed by atoms with Crippen molar-refractivity contribution in [1.29, 1.82) is 0 Å². The molecule has 33 heavy (non-hydrogen) atoms. The Morgan fingerprint density at radius 3 is 2.39 bits per heavy atom. The van der Waals surface area contributed by atoms with Gasteiger partial charge in [-0.3, -0.25) is 0 Å². The number of aryl methyl sites for hydroxylation is 1. The number of carbonyl (C=O) groups excluding carboxylic acids is 1. The third-order valence-electron chi connectivity index (χ3n) is 4.53. The highest BCUT2D eigenvalue weighted by molar-refractivity contribution is 5.99. The van der Waals surface area contributed by atoms with Gasteiger partial charge in [-0.2, -0.15) is 13.2 Å². The van der Waals surface area contributed by atoms with E-state index in [0.29, 0.717) is 29.7 Å². The van der Waals surface area contributed by atoms with Crippen molar-refractivity contribution in [2.24, 2.45) is 5.73 Å². The number of amides is 2. The van der Waals surface area contributed by atoms with Gasteiger partial charge in [0.1, 0.15) is 17.9 Å². The van der Waals surface area contributed by atoms with Gasteiger partial charge in [-0.15, -0.1) is 0 Å². The van der Waals surface area contributed by atoms with Crippen LogP contribution in [0.2, 0.25) is 0 Å². The molecule has 0 radical (unpaired) electrons. The molecule has 2 aromatic carbocycles. The minimum Gasteiger partial charge on any atom is -0.439 e. The molecule has 0 saturated carbocycles. The number of rotatable bonds is 7. The molecule has 0 spiro atoms. The van der Waals surface area contributed by atoms with Crippen LogP contribution in [0.4, 0.5) is 35.2 Å². The number of anilines is 3. The van der Waals surface area contributed by atoms with Crippen molar-refractivity contribution in [3.05, 3.63) is 66.0 Å². The second kappa shape index (κ2) is 10.2. The van der Waals surface area contributed by atoms with Crippen molar-refractivity contribution < 1.29 is 22.7 Å². The second-order valence-electron chi connectivity index (χ2n) is 7.26. The molecule has 174 valence electrons. The Labute approximate surface area is 188 Å². The molecule has 0 aliphatic carbocycles. The van der Waals surface area contributed by atoms with E-state index >= 15 is 0 Å². The van der Waals surface area contributed by atoms with Gasteiger partial charge >= 0.3 is 12.2 Å². The summed E-state index contributed by atoms with van der Waals surface area (Å²) in [7, 11) is 0. The van der Waals surface area contributed by atoms with Crippen LogP contribution in [-0.4, -0.2) is 28.6 Å². The highest BCUT2D eigenvalue weighted by atomic mass is 19.4. The monoisotopic (exact) mass is 460 g/mol. The van der Waals surface area contributed by atoms with E-state index in [0.717, 1.165) is 6.07 Å². The first-order valence-electron chi connectivity index (χ1n) is 9.96. The average molecular weight is 460 g/mol. The maximum Gasteiger partial charge on any atom is 0.416 e. The van der Waals surface area contributed by atoms with Gasteiger partial charge in [0.15, 0.2) is 0 Å². The summed E-state index contributed by atoms with van der Waals surface area (Å²) < 4.78 is 44.8. The summed E-state index contributed by atoms with van der Waals surface area (Å²) in [5.74, 6) is 1.35. The van der Waals surface area contributed by atoms with Crippen molar-refractivity contribution in [3.8, 4) is 11.6 Å². The first-order chi connectivity index (χ1) is 15.6. The number of halogens is 3. The Hall–Kier alpha value is -3.86. The summed E-state index contributed by atoms with van der Waals surface area (Å²) >= 11 is 0. The van der Waals surface area contributed by atoms with Gasteiger partial charge in [0, 0.05) is 30.0 Å². The predicted molar refractivity (Wildman–Crippen MR) is 120 cm³/mol. The van der Waals surface area contributed by atoms with E-state index in [4.69, 9.17) is 10.5 Å². The van der Waals surface area contributed by atoms with E-state index in [2.05, 4.69) is 25.9 Å². The number of hydrogen-bond acceptors (Lipinski definition) is 6. The van der Waals surface area contributed by atoms with Gasteiger partial charge in [0.05, 0.1) is 5.56 Å². The Morgan fingerprint density at radius 2 is 1.73 bits per heavy atom. The summed E-state index contributed by atoms with van der Waals surface area (Å²) in [4.78, 5) is 20.3. The molecule has 0 bridgehead atoms. The number of nitrogens with zero attached hydrogens (tertiary/aromatic N) is 2. The van der Waals surface area contributed by atoms with Gasteiger partial charge in [-0.1, -0.05) is 6.07 Å². The van der Waals surface area contributed by atoms with Crippen molar-refractivity contribution in [3.63, 3.8) is 0 Å². The van der Waals surface area contributed by atoms with Crippen LogP contribution in [0.15, 0.2) is 54.9 Å². The molecule has 1 aromatic heterocycles. The van der Waals surface area contributed by atoms with Crippen molar-refractivity contribution in [1.82, 2.24) is 9.97 Å². The maximum absolute atomic E-state index is 13.0. The quantitative estimate of drug-likeness (QED) is 0.395. The molecule has 0 aliphatic heterocycles. The van der Waals surface area contributed by atoms with Crippen LogP contribution in [0.25, 0.3) is 0 Å². The predicted octanol–water partition coefficient (Wildman–Crippen LogP) is 5.00. The molecule has 11 heteroatoms. The molecular formula is C22H23F3N6O2. The molecule has 0 fully saturated rings. The minimum atomic E-state index is -4.50. The zero-order valence-electron chi connectivity index (χ0n) is 17.9. The lowest BCUT2D eigenvalue weighted by Crippen LogP contribution is -2.25. The van der Waals surface area contributed by atoms with E-state index < -0.39 is 17.8 Å². The molecule has 1 heterocycles. The third kappa shape index (κ3) is 6.81. The van der Waals surface area contributed by atoms with Gasteiger partial charge in [-0.05, 0) is 55.8 Å².